The molecule has 2 heterocycles. The fourth-order valence-electron chi connectivity index (χ4n) is 3.86. The predicted octanol–water partition coefficient (Wildman–Crippen LogP) is 2.28. The van der Waals surface area contributed by atoms with Gasteiger partial charge in [-0.05, 0) is 24.3 Å². The minimum Gasteiger partial charge on any atom is -0.491 e. The third-order valence-electron chi connectivity index (χ3n) is 5.95. The summed E-state index contributed by atoms with van der Waals surface area (Å²) in [5, 5.41) is 9.01. The first-order valence-electron chi connectivity index (χ1n) is 12.4. The van der Waals surface area contributed by atoms with Gasteiger partial charge in [0.2, 0.25) is 0 Å². The van der Waals surface area contributed by atoms with E-state index in [9.17, 15) is 9.59 Å². The second-order valence-corrected chi connectivity index (χ2v) is 8.39. The highest BCUT2D eigenvalue weighted by Crippen LogP contribution is 2.19. The van der Waals surface area contributed by atoms with E-state index >= 15 is 0 Å². The van der Waals surface area contributed by atoms with Gasteiger partial charge in [0.05, 0.1) is 33.5 Å². The summed E-state index contributed by atoms with van der Waals surface area (Å²) in [4.78, 5) is 27.1. The number of carbonyl (C=O) groups is 2. The Morgan fingerprint density at radius 1 is 0.757 bits per heavy atom. The number of rotatable bonds is 10. The highest BCUT2D eigenvalue weighted by atomic mass is 16.5. The van der Waals surface area contributed by atoms with Crippen molar-refractivity contribution in [1.29, 1.82) is 0 Å². The molecular formula is C27H36N2O8. The van der Waals surface area contributed by atoms with Gasteiger partial charge in [-0.15, -0.1) is 0 Å². The topological polar surface area (TPSA) is 107 Å². The molecule has 2 fully saturated rings. The van der Waals surface area contributed by atoms with E-state index in [0.717, 1.165) is 65.7 Å². The van der Waals surface area contributed by atoms with Crippen molar-refractivity contribution in [2.24, 2.45) is 0 Å². The quantitative estimate of drug-likeness (QED) is 0.473. The van der Waals surface area contributed by atoms with E-state index in [1.807, 2.05) is 6.07 Å². The average molecular weight is 517 g/mol. The second kappa shape index (κ2) is 15.8. The Balaban J connectivity index is 0.000000206. The Kier molecular flexibility index (Phi) is 12.1. The third kappa shape index (κ3) is 9.66. The van der Waals surface area contributed by atoms with Gasteiger partial charge in [0.1, 0.15) is 35.8 Å². The Morgan fingerprint density at radius 2 is 1.19 bits per heavy atom. The maximum absolute atomic E-state index is 11.6. The number of aromatic carboxylic acids is 1. The van der Waals surface area contributed by atoms with Crippen LogP contribution in [0.15, 0.2) is 48.5 Å². The van der Waals surface area contributed by atoms with Crippen molar-refractivity contribution in [2.45, 2.75) is 0 Å². The first-order chi connectivity index (χ1) is 18.1. The van der Waals surface area contributed by atoms with Crippen LogP contribution in [0.3, 0.4) is 0 Å². The van der Waals surface area contributed by atoms with Crippen molar-refractivity contribution >= 4 is 11.9 Å². The summed E-state index contributed by atoms with van der Waals surface area (Å²) in [5.74, 6) is -0.334. The lowest BCUT2D eigenvalue weighted by Gasteiger charge is -2.26. The molecular weight excluding hydrogens is 480 g/mol. The minimum atomic E-state index is -0.961. The molecule has 10 heteroatoms. The summed E-state index contributed by atoms with van der Waals surface area (Å²) in [6, 6.07) is 13.8. The number of carboxylic acids is 1. The molecule has 0 unspecified atom stereocenters. The summed E-state index contributed by atoms with van der Waals surface area (Å²) >= 11 is 0. The van der Waals surface area contributed by atoms with E-state index in [1.165, 1.54) is 7.11 Å². The summed E-state index contributed by atoms with van der Waals surface area (Å²) in [6.07, 6.45) is 0. The number of methoxy groups -OCH3 is 1. The van der Waals surface area contributed by atoms with Crippen molar-refractivity contribution in [2.75, 3.05) is 86.0 Å². The molecule has 2 aliphatic rings. The van der Waals surface area contributed by atoms with Gasteiger partial charge in [0.15, 0.2) is 0 Å². The van der Waals surface area contributed by atoms with Crippen molar-refractivity contribution in [1.82, 2.24) is 9.80 Å². The first-order valence-corrected chi connectivity index (χ1v) is 12.4. The third-order valence-corrected chi connectivity index (χ3v) is 5.95. The number of para-hydroxylation sites is 2. The zero-order valence-electron chi connectivity index (χ0n) is 21.3. The number of carboxylic acid groups (broad SMARTS) is 1. The van der Waals surface area contributed by atoms with Crippen LogP contribution in [0.1, 0.15) is 20.7 Å². The molecule has 0 aliphatic carbocycles. The van der Waals surface area contributed by atoms with Gasteiger partial charge < -0.3 is 28.8 Å². The molecule has 0 bridgehead atoms. The van der Waals surface area contributed by atoms with E-state index in [4.69, 9.17) is 28.8 Å². The lowest BCUT2D eigenvalue weighted by Crippen LogP contribution is -2.38. The van der Waals surface area contributed by atoms with Crippen LogP contribution in [0.5, 0.6) is 11.5 Å². The molecule has 2 aliphatic heterocycles. The SMILES string of the molecule is COC(=O)c1ccccc1OCCN1CCOCC1.O=C(O)c1ccccc1OCCN1CCOCC1. The number of nitrogens with zero attached hydrogens (tertiary/aromatic N) is 2. The van der Waals surface area contributed by atoms with Crippen LogP contribution in [0.25, 0.3) is 0 Å². The summed E-state index contributed by atoms with van der Waals surface area (Å²) < 4.78 is 26.5. The fraction of sp³-hybridized carbons (Fsp3) is 0.481. The molecule has 0 aromatic heterocycles. The standard InChI is InChI=1S/C14H19NO4.C13H17NO4/c1-17-14(16)12-4-2-3-5-13(12)19-11-8-15-6-9-18-10-7-15;15-13(16)11-3-1-2-4-12(11)18-10-7-14-5-8-17-9-6-14/h2-5H,6-11H2,1H3;1-4H,5-10H2,(H,15,16). The monoisotopic (exact) mass is 516 g/mol. The molecule has 0 radical (unpaired) electrons. The lowest BCUT2D eigenvalue weighted by atomic mass is 10.2. The van der Waals surface area contributed by atoms with E-state index in [-0.39, 0.29) is 11.5 Å². The number of benzene rings is 2. The molecule has 0 amide bonds. The molecule has 0 saturated carbocycles. The smallest absolute Gasteiger partial charge is 0.341 e. The van der Waals surface area contributed by atoms with E-state index < -0.39 is 5.97 Å². The molecule has 2 aromatic carbocycles. The highest BCUT2D eigenvalue weighted by molar-refractivity contribution is 5.92. The van der Waals surface area contributed by atoms with Gasteiger partial charge >= 0.3 is 11.9 Å². The molecule has 1 N–H and O–H groups in total. The number of ether oxygens (including phenoxy) is 5. The molecule has 202 valence electrons. The largest absolute Gasteiger partial charge is 0.491 e. The van der Waals surface area contributed by atoms with Gasteiger partial charge in [-0.2, -0.15) is 0 Å². The zero-order valence-corrected chi connectivity index (χ0v) is 21.3. The van der Waals surface area contributed by atoms with E-state index in [1.54, 1.807) is 42.5 Å². The fourth-order valence-corrected chi connectivity index (χ4v) is 3.86. The van der Waals surface area contributed by atoms with Crippen LogP contribution in [0.4, 0.5) is 0 Å². The van der Waals surface area contributed by atoms with E-state index in [0.29, 0.717) is 30.3 Å². The molecule has 37 heavy (non-hydrogen) atoms. The molecule has 0 spiro atoms. The van der Waals surface area contributed by atoms with E-state index in [2.05, 4.69) is 9.80 Å². The highest BCUT2D eigenvalue weighted by Gasteiger charge is 2.14. The molecule has 2 saturated heterocycles. The van der Waals surface area contributed by atoms with Gasteiger partial charge in [-0.25, -0.2) is 9.59 Å². The van der Waals surface area contributed by atoms with Gasteiger partial charge in [-0.1, -0.05) is 24.3 Å². The van der Waals surface area contributed by atoms with Crippen LogP contribution in [-0.2, 0) is 14.2 Å². The molecule has 2 aromatic rings. The van der Waals surface area contributed by atoms with Crippen LogP contribution < -0.4 is 9.47 Å². The predicted molar refractivity (Wildman–Crippen MR) is 137 cm³/mol. The van der Waals surface area contributed by atoms with Gasteiger partial charge in [0, 0.05) is 39.3 Å². The van der Waals surface area contributed by atoms with Crippen LogP contribution in [0, 0.1) is 0 Å². The maximum Gasteiger partial charge on any atom is 0.341 e. The summed E-state index contributed by atoms with van der Waals surface area (Å²) in [6.45, 7) is 9.40. The van der Waals surface area contributed by atoms with Gasteiger partial charge in [-0.3, -0.25) is 9.80 Å². The van der Waals surface area contributed by atoms with Crippen LogP contribution in [0.2, 0.25) is 0 Å². The lowest BCUT2D eigenvalue weighted by molar-refractivity contribution is 0.0320. The number of morpholine rings is 2. The zero-order chi connectivity index (χ0) is 26.3. The van der Waals surface area contributed by atoms with Crippen molar-refractivity contribution in [3.63, 3.8) is 0 Å². The summed E-state index contributed by atoms with van der Waals surface area (Å²) in [7, 11) is 1.37. The Bertz CT molecular complexity index is 974. The Hall–Kier alpha value is -3.18. The van der Waals surface area contributed by atoms with Crippen molar-refractivity contribution in [3.05, 3.63) is 59.7 Å². The normalized spacial score (nSPS) is 16.2. The first kappa shape index (κ1) is 28.4. The molecule has 10 nitrogen and oxygen atoms in total. The minimum absolute atomic E-state index is 0.208. The summed E-state index contributed by atoms with van der Waals surface area (Å²) in [5.41, 5.74) is 0.673. The molecule has 0 atom stereocenters. The Morgan fingerprint density at radius 3 is 1.65 bits per heavy atom. The number of esters is 1. The number of carbonyl (C=O) groups excluding carboxylic acids is 1. The Labute approximate surface area is 217 Å². The average Bonchev–Trinajstić information content (AvgIpc) is 2.94. The second-order valence-electron chi connectivity index (χ2n) is 8.39. The maximum atomic E-state index is 11.6. The molecule has 4 rings (SSSR count). The van der Waals surface area contributed by atoms with Crippen molar-refractivity contribution in [3.8, 4) is 11.5 Å². The van der Waals surface area contributed by atoms with Crippen molar-refractivity contribution < 1.29 is 38.4 Å². The van der Waals surface area contributed by atoms with Crippen LogP contribution in [-0.4, -0.2) is 113 Å². The van der Waals surface area contributed by atoms with Crippen LogP contribution >= 0.6 is 0 Å². The number of hydrogen-bond acceptors (Lipinski definition) is 9. The number of hydrogen-bond donors (Lipinski definition) is 1. The van der Waals surface area contributed by atoms with Gasteiger partial charge in [0.25, 0.3) is 0 Å².